The molecular weight excluding hydrogens is 422 g/mol. The van der Waals surface area contributed by atoms with Crippen LogP contribution < -0.4 is 10.5 Å². The third-order valence-electron chi connectivity index (χ3n) is 5.76. The molecule has 1 amide bonds. The van der Waals surface area contributed by atoms with Crippen molar-refractivity contribution in [3.05, 3.63) is 34.6 Å². The van der Waals surface area contributed by atoms with Crippen LogP contribution in [0.5, 0.6) is 0 Å². The second-order valence-corrected chi connectivity index (χ2v) is 9.76. The minimum atomic E-state index is -3.25. The van der Waals surface area contributed by atoms with E-state index in [2.05, 4.69) is 4.98 Å². The summed E-state index contributed by atoms with van der Waals surface area (Å²) in [4.78, 5) is 34.2. The number of piperazine rings is 1. The van der Waals surface area contributed by atoms with Crippen molar-refractivity contribution in [1.82, 2.24) is 18.8 Å². The highest BCUT2D eigenvalue weighted by molar-refractivity contribution is 7.88. The molecular formula is C20H27N5O5S. The number of amides is 1. The van der Waals surface area contributed by atoms with Gasteiger partial charge in [-0.25, -0.2) is 13.4 Å². The van der Waals surface area contributed by atoms with Gasteiger partial charge in [-0.05, 0) is 12.1 Å². The first-order chi connectivity index (χ1) is 14.8. The van der Waals surface area contributed by atoms with E-state index < -0.39 is 10.0 Å². The summed E-state index contributed by atoms with van der Waals surface area (Å²) >= 11 is 0. The highest BCUT2D eigenvalue weighted by Crippen LogP contribution is 2.16. The van der Waals surface area contributed by atoms with Gasteiger partial charge in [0.2, 0.25) is 15.9 Å². The molecule has 2 saturated heterocycles. The number of carbonyl (C=O) groups excluding carboxylic acids is 1. The molecule has 0 spiro atoms. The van der Waals surface area contributed by atoms with E-state index in [1.165, 1.54) is 10.6 Å². The lowest BCUT2D eigenvalue weighted by atomic mass is 10.2. The number of benzene rings is 1. The molecule has 2 fully saturated rings. The quantitative estimate of drug-likeness (QED) is 0.619. The first kappa shape index (κ1) is 21.7. The van der Waals surface area contributed by atoms with Crippen molar-refractivity contribution in [1.29, 1.82) is 0 Å². The number of para-hydroxylation sites is 2. The molecule has 0 unspecified atom stereocenters. The summed E-state index contributed by atoms with van der Waals surface area (Å²) in [5.74, 6) is 0.296. The van der Waals surface area contributed by atoms with Crippen molar-refractivity contribution in [2.45, 2.75) is 13.0 Å². The number of fused-ring (bicyclic) bond motifs is 1. The van der Waals surface area contributed by atoms with Crippen LogP contribution in [0.3, 0.4) is 0 Å². The molecule has 31 heavy (non-hydrogen) atoms. The van der Waals surface area contributed by atoms with Crippen molar-refractivity contribution in [2.24, 2.45) is 0 Å². The lowest BCUT2D eigenvalue weighted by Crippen LogP contribution is -2.50. The van der Waals surface area contributed by atoms with E-state index in [-0.39, 0.29) is 24.4 Å². The average molecular weight is 450 g/mol. The molecule has 2 aliphatic rings. The summed E-state index contributed by atoms with van der Waals surface area (Å²) in [6, 6.07) is 7.42. The van der Waals surface area contributed by atoms with Crippen LogP contribution in [-0.2, 0) is 26.1 Å². The number of hydrogen-bond donors (Lipinski definition) is 0. The Morgan fingerprint density at radius 1 is 1.06 bits per heavy atom. The molecule has 10 nitrogen and oxygen atoms in total. The lowest BCUT2D eigenvalue weighted by molar-refractivity contribution is -0.132. The summed E-state index contributed by atoms with van der Waals surface area (Å²) < 4.78 is 31.7. The number of anilines is 1. The molecule has 3 heterocycles. The Balaban J connectivity index is 1.52. The number of hydrogen-bond acceptors (Lipinski definition) is 7. The van der Waals surface area contributed by atoms with Gasteiger partial charge in [0.15, 0.2) is 5.82 Å². The van der Waals surface area contributed by atoms with E-state index in [4.69, 9.17) is 4.74 Å². The van der Waals surface area contributed by atoms with Crippen molar-refractivity contribution in [3.63, 3.8) is 0 Å². The molecule has 11 heteroatoms. The van der Waals surface area contributed by atoms with Crippen LogP contribution in [0.4, 0.5) is 5.82 Å². The zero-order valence-corrected chi connectivity index (χ0v) is 18.4. The van der Waals surface area contributed by atoms with Crippen LogP contribution >= 0.6 is 0 Å². The second kappa shape index (κ2) is 8.93. The molecule has 0 N–H and O–H groups in total. The number of ether oxygens (including phenoxy) is 1. The smallest absolute Gasteiger partial charge is 0.294 e. The van der Waals surface area contributed by atoms with Gasteiger partial charge >= 0.3 is 0 Å². The molecule has 4 rings (SSSR count). The maximum absolute atomic E-state index is 13.2. The molecule has 2 aliphatic heterocycles. The third kappa shape index (κ3) is 4.73. The maximum atomic E-state index is 13.2. The predicted molar refractivity (Wildman–Crippen MR) is 117 cm³/mol. The monoisotopic (exact) mass is 449 g/mol. The van der Waals surface area contributed by atoms with Crippen molar-refractivity contribution >= 4 is 32.8 Å². The summed E-state index contributed by atoms with van der Waals surface area (Å²) in [6.45, 7) is 3.85. The topological polar surface area (TPSA) is 105 Å². The molecule has 168 valence electrons. The van der Waals surface area contributed by atoms with Gasteiger partial charge in [0.25, 0.3) is 5.56 Å². The van der Waals surface area contributed by atoms with E-state index in [1.54, 1.807) is 9.47 Å². The average Bonchev–Trinajstić information content (AvgIpc) is 2.78. The van der Waals surface area contributed by atoms with Crippen LogP contribution in [0.1, 0.15) is 6.42 Å². The van der Waals surface area contributed by atoms with Gasteiger partial charge in [0.05, 0.1) is 30.5 Å². The summed E-state index contributed by atoms with van der Waals surface area (Å²) in [5.41, 5.74) is 1.19. The number of morpholine rings is 1. The Hall–Kier alpha value is -2.50. The van der Waals surface area contributed by atoms with Crippen molar-refractivity contribution in [3.8, 4) is 0 Å². The Kier molecular flexibility index (Phi) is 6.26. The minimum absolute atomic E-state index is 0.0890. The van der Waals surface area contributed by atoms with E-state index in [0.29, 0.717) is 69.3 Å². The van der Waals surface area contributed by atoms with Crippen LogP contribution in [0.2, 0.25) is 0 Å². The van der Waals surface area contributed by atoms with Crippen molar-refractivity contribution in [2.75, 3.05) is 63.6 Å². The highest BCUT2D eigenvalue weighted by Gasteiger charge is 2.26. The molecule has 1 aromatic heterocycles. The van der Waals surface area contributed by atoms with Gasteiger partial charge in [0, 0.05) is 52.2 Å². The van der Waals surface area contributed by atoms with E-state index >= 15 is 0 Å². The fourth-order valence-electron chi connectivity index (χ4n) is 4.02. The molecule has 0 saturated carbocycles. The first-order valence-electron chi connectivity index (χ1n) is 10.4. The van der Waals surface area contributed by atoms with Gasteiger partial charge in [0.1, 0.15) is 0 Å². The Morgan fingerprint density at radius 3 is 2.42 bits per heavy atom. The van der Waals surface area contributed by atoms with E-state index in [9.17, 15) is 18.0 Å². The minimum Gasteiger partial charge on any atom is -0.378 e. The predicted octanol–water partition coefficient (Wildman–Crippen LogP) is -0.273. The zero-order valence-electron chi connectivity index (χ0n) is 17.6. The van der Waals surface area contributed by atoms with Gasteiger partial charge < -0.3 is 19.1 Å². The van der Waals surface area contributed by atoms with Crippen LogP contribution in [0, 0.1) is 0 Å². The summed E-state index contributed by atoms with van der Waals surface area (Å²) in [7, 11) is -3.25. The van der Waals surface area contributed by atoms with Crippen LogP contribution in [-0.4, -0.2) is 91.8 Å². The first-order valence-corrected chi connectivity index (χ1v) is 12.2. The van der Waals surface area contributed by atoms with Gasteiger partial charge in [-0.15, -0.1) is 0 Å². The number of nitrogens with zero attached hydrogens (tertiary/aromatic N) is 5. The third-order valence-corrected chi connectivity index (χ3v) is 7.06. The normalized spacial score (nSPS) is 18.5. The number of carbonyl (C=O) groups is 1. The second-order valence-electron chi connectivity index (χ2n) is 7.77. The summed E-state index contributed by atoms with van der Waals surface area (Å²) in [5, 5.41) is 0. The fraction of sp³-hybridized carbons (Fsp3) is 0.550. The SMILES string of the molecule is CS(=O)(=O)N1CCN(C(=O)CCn2c(=O)c(N3CCOCC3)nc3ccccc32)CC1. The number of rotatable bonds is 5. The molecule has 1 aromatic carbocycles. The maximum Gasteiger partial charge on any atom is 0.294 e. The lowest BCUT2D eigenvalue weighted by Gasteiger charge is -2.33. The standard InChI is InChI=1S/C20H27N5O5S/c1-31(28,29)24-10-8-22(9-11-24)18(26)6-7-25-17-5-3-2-4-16(17)21-19(20(25)27)23-12-14-30-15-13-23/h2-5H,6-15H2,1H3. The van der Waals surface area contributed by atoms with Crippen molar-refractivity contribution < 1.29 is 17.9 Å². The van der Waals surface area contributed by atoms with Gasteiger partial charge in [-0.1, -0.05) is 12.1 Å². The van der Waals surface area contributed by atoms with E-state index in [0.717, 1.165) is 0 Å². The summed E-state index contributed by atoms with van der Waals surface area (Å²) in [6.07, 6.45) is 1.34. The Labute approximate surface area is 181 Å². The molecule has 2 aromatic rings. The van der Waals surface area contributed by atoms with E-state index in [1.807, 2.05) is 29.2 Å². The largest absolute Gasteiger partial charge is 0.378 e. The Bertz CT molecular complexity index is 1120. The van der Waals surface area contributed by atoms with Crippen LogP contribution in [0.25, 0.3) is 11.0 Å². The Morgan fingerprint density at radius 2 is 1.74 bits per heavy atom. The fourth-order valence-corrected chi connectivity index (χ4v) is 4.84. The highest BCUT2D eigenvalue weighted by atomic mass is 32.2. The van der Waals surface area contributed by atoms with Crippen LogP contribution in [0.15, 0.2) is 29.1 Å². The molecule has 0 radical (unpaired) electrons. The molecule has 0 atom stereocenters. The molecule has 0 bridgehead atoms. The number of aryl methyl sites for hydroxylation is 1. The zero-order chi connectivity index (χ0) is 22.0. The number of aromatic nitrogens is 2. The van der Waals surface area contributed by atoms with Gasteiger partial charge in [-0.2, -0.15) is 4.31 Å². The van der Waals surface area contributed by atoms with Gasteiger partial charge in [-0.3, -0.25) is 9.59 Å². The molecule has 0 aliphatic carbocycles. The number of sulfonamides is 1.